The summed E-state index contributed by atoms with van der Waals surface area (Å²) in [6.45, 7) is 4.92. The van der Waals surface area contributed by atoms with Crippen molar-refractivity contribution in [1.29, 1.82) is 0 Å². The van der Waals surface area contributed by atoms with Crippen LogP contribution in [0.15, 0.2) is 18.2 Å². The zero-order chi connectivity index (χ0) is 14.3. The van der Waals surface area contributed by atoms with E-state index in [9.17, 15) is 4.79 Å². The Bertz CT molecular complexity index is 424. The van der Waals surface area contributed by atoms with Gasteiger partial charge in [0.15, 0.2) is 0 Å². The van der Waals surface area contributed by atoms with E-state index in [1.54, 1.807) is 6.07 Å². The Morgan fingerprint density at radius 2 is 2.21 bits per heavy atom. The van der Waals surface area contributed by atoms with Crippen LogP contribution in [0, 0.1) is 0 Å². The van der Waals surface area contributed by atoms with Crippen molar-refractivity contribution in [2.75, 3.05) is 20.2 Å². The second-order valence-corrected chi connectivity index (χ2v) is 4.68. The lowest BCUT2D eigenvalue weighted by molar-refractivity contribution is -0.121. The Kier molecular flexibility index (Phi) is 6.67. The maximum atomic E-state index is 11.3. The van der Waals surface area contributed by atoms with Crippen LogP contribution in [0.2, 0.25) is 5.02 Å². The Hall–Kier alpha value is -1.26. The molecule has 0 saturated heterocycles. The van der Waals surface area contributed by atoms with Crippen molar-refractivity contribution in [2.24, 2.45) is 0 Å². The van der Waals surface area contributed by atoms with E-state index in [0.717, 1.165) is 11.3 Å². The molecule has 2 N–H and O–H groups in total. The van der Waals surface area contributed by atoms with Crippen LogP contribution in [0.3, 0.4) is 0 Å². The molecule has 0 fully saturated rings. The summed E-state index contributed by atoms with van der Waals surface area (Å²) >= 11 is 6.00. The molecule has 1 amide bonds. The largest absolute Gasteiger partial charge is 0.493 e. The third-order valence-corrected chi connectivity index (χ3v) is 3.07. The van der Waals surface area contributed by atoms with E-state index in [2.05, 4.69) is 10.6 Å². The van der Waals surface area contributed by atoms with Gasteiger partial charge in [0.2, 0.25) is 5.91 Å². The molecular weight excluding hydrogens is 264 g/mol. The van der Waals surface area contributed by atoms with Crippen molar-refractivity contribution in [3.63, 3.8) is 0 Å². The van der Waals surface area contributed by atoms with Gasteiger partial charge in [-0.05, 0) is 39.1 Å². The summed E-state index contributed by atoms with van der Waals surface area (Å²) in [7, 11) is 1.88. The molecule has 1 unspecified atom stereocenters. The molecule has 106 valence electrons. The lowest BCUT2D eigenvalue weighted by atomic mass is 10.1. The van der Waals surface area contributed by atoms with E-state index >= 15 is 0 Å². The molecule has 1 rings (SSSR count). The maximum absolute atomic E-state index is 11.3. The highest BCUT2D eigenvalue weighted by Gasteiger charge is 2.11. The zero-order valence-corrected chi connectivity index (χ0v) is 12.4. The summed E-state index contributed by atoms with van der Waals surface area (Å²) in [6, 6.07) is 5.64. The molecule has 0 aromatic heterocycles. The first-order valence-corrected chi connectivity index (χ1v) is 6.82. The predicted octanol–water partition coefficient (Wildman–Crippen LogP) is 2.53. The molecule has 0 saturated carbocycles. The summed E-state index contributed by atoms with van der Waals surface area (Å²) in [4.78, 5) is 11.3. The highest BCUT2D eigenvalue weighted by Crippen LogP contribution is 2.28. The number of amides is 1. The minimum atomic E-state index is -0.000298. The molecule has 0 spiro atoms. The average molecular weight is 285 g/mol. The highest BCUT2D eigenvalue weighted by atomic mass is 35.5. The molecule has 0 aliphatic rings. The van der Waals surface area contributed by atoms with E-state index in [0.29, 0.717) is 24.6 Å². The van der Waals surface area contributed by atoms with Crippen LogP contribution in [0.5, 0.6) is 5.75 Å². The second kappa shape index (κ2) is 8.02. The molecular formula is C14H21ClN2O2. The molecule has 5 heteroatoms. The Morgan fingerprint density at radius 1 is 1.47 bits per heavy atom. The maximum Gasteiger partial charge on any atom is 0.223 e. The van der Waals surface area contributed by atoms with Crippen LogP contribution in [0.4, 0.5) is 0 Å². The highest BCUT2D eigenvalue weighted by molar-refractivity contribution is 6.30. The number of carbonyl (C=O) groups is 1. The van der Waals surface area contributed by atoms with Crippen molar-refractivity contribution < 1.29 is 9.53 Å². The summed E-state index contributed by atoms with van der Waals surface area (Å²) in [5.41, 5.74) is 0.992. The summed E-state index contributed by atoms with van der Waals surface area (Å²) in [5.74, 6) is 0.759. The molecule has 4 nitrogen and oxygen atoms in total. The van der Waals surface area contributed by atoms with Crippen molar-refractivity contribution in [2.45, 2.75) is 26.3 Å². The van der Waals surface area contributed by atoms with Gasteiger partial charge < -0.3 is 15.4 Å². The van der Waals surface area contributed by atoms with Crippen molar-refractivity contribution in [3.05, 3.63) is 28.8 Å². The number of halogens is 1. The van der Waals surface area contributed by atoms with Gasteiger partial charge in [-0.2, -0.15) is 0 Å². The zero-order valence-electron chi connectivity index (χ0n) is 11.6. The molecule has 1 aromatic carbocycles. The van der Waals surface area contributed by atoms with Gasteiger partial charge >= 0.3 is 0 Å². The molecule has 0 heterocycles. The van der Waals surface area contributed by atoms with Crippen LogP contribution in [-0.2, 0) is 4.79 Å². The summed E-state index contributed by atoms with van der Waals surface area (Å²) < 4.78 is 5.67. The number of nitrogens with one attached hydrogen (secondary N) is 2. The quantitative estimate of drug-likeness (QED) is 0.809. The number of ether oxygens (including phenoxy) is 1. The number of hydrogen-bond donors (Lipinski definition) is 2. The minimum absolute atomic E-state index is 0.000298. The van der Waals surface area contributed by atoms with Gasteiger partial charge in [-0.25, -0.2) is 0 Å². The van der Waals surface area contributed by atoms with Gasteiger partial charge in [0.1, 0.15) is 5.75 Å². The average Bonchev–Trinajstić information content (AvgIpc) is 2.39. The molecule has 0 radical (unpaired) electrons. The van der Waals surface area contributed by atoms with Gasteiger partial charge in [0.25, 0.3) is 0 Å². The third kappa shape index (κ3) is 5.09. The van der Waals surface area contributed by atoms with Crippen molar-refractivity contribution in [1.82, 2.24) is 10.6 Å². The molecule has 19 heavy (non-hydrogen) atoms. The smallest absolute Gasteiger partial charge is 0.223 e. The van der Waals surface area contributed by atoms with Crippen molar-refractivity contribution in [3.8, 4) is 5.75 Å². The third-order valence-electron chi connectivity index (χ3n) is 2.83. The van der Waals surface area contributed by atoms with Crippen LogP contribution < -0.4 is 15.4 Å². The fraction of sp³-hybridized carbons (Fsp3) is 0.500. The normalized spacial score (nSPS) is 12.0. The van der Waals surface area contributed by atoms with E-state index in [4.69, 9.17) is 16.3 Å². The lowest BCUT2D eigenvalue weighted by Gasteiger charge is -2.16. The van der Waals surface area contributed by atoms with Gasteiger partial charge in [0.05, 0.1) is 13.0 Å². The number of hydrogen-bond acceptors (Lipinski definition) is 3. The summed E-state index contributed by atoms with van der Waals surface area (Å²) in [5, 5.41) is 6.56. The van der Waals surface area contributed by atoms with Gasteiger partial charge in [-0.1, -0.05) is 11.6 Å². The minimum Gasteiger partial charge on any atom is -0.493 e. The Morgan fingerprint density at radius 3 is 2.84 bits per heavy atom. The van der Waals surface area contributed by atoms with Crippen LogP contribution in [-0.4, -0.2) is 26.1 Å². The molecule has 1 aromatic rings. The van der Waals surface area contributed by atoms with Crippen molar-refractivity contribution >= 4 is 17.5 Å². The van der Waals surface area contributed by atoms with Crippen LogP contribution in [0.1, 0.15) is 31.9 Å². The first-order chi connectivity index (χ1) is 9.08. The second-order valence-electron chi connectivity index (χ2n) is 4.24. The van der Waals surface area contributed by atoms with E-state index in [-0.39, 0.29) is 11.9 Å². The number of benzene rings is 1. The van der Waals surface area contributed by atoms with Crippen LogP contribution >= 0.6 is 11.6 Å². The van der Waals surface area contributed by atoms with Crippen LogP contribution in [0.25, 0.3) is 0 Å². The van der Waals surface area contributed by atoms with E-state index in [1.165, 1.54) is 0 Å². The molecule has 1 atom stereocenters. The summed E-state index contributed by atoms with van der Waals surface area (Å²) in [6.07, 6.45) is 0.351. The fourth-order valence-electron chi connectivity index (χ4n) is 1.68. The molecule has 0 aliphatic heterocycles. The standard InChI is InChI=1S/C14H21ClN2O2/c1-4-17-14(18)7-8-19-13-6-5-11(15)9-12(13)10(2)16-3/h5-6,9-10,16H,4,7-8H2,1-3H3,(H,17,18). The number of carbonyl (C=O) groups excluding carboxylic acids is 1. The van der Waals surface area contributed by atoms with E-state index in [1.807, 2.05) is 33.0 Å². The fourth-order valence-corrected chi connectivity index (χ4v) is 1.86. The Balaban J connectivity index is 2.64. The first kappa shape index (κ1) is 15.8. The lowest BCUT2D eigenvalue weighted by Crippen LogP contribution is -2.24. The van der Waals surface area contributed by atoms with Gasteiger partial charge in [-0.3, -0.25) is 4.79 Å². The topological polar surface area (TPSA) is 50.4 Å². The Labute approximate surface area is 119 Å². The SMILES string of the molecule is CCNC(=O)CCOc1ccc(Cl)cc1C(C)NC. The van der Waals surface area contributed by atoms with Gasteiger partial charge in [-0.15, -0.1) is 0 Å². The van der Waals surface area contributed by atoms with E-state index < -0.39 is 0 Å². The monoisotopic (exact) mass is 284 g/mol. The molecule has 0 bridgehead atoms. The first-order valence-electron chi connectivity index (χ1n) is 6.44. The van der Waals surface area contributed by atoms with Gasteiger partial charge in [0, 0.05) is 23.2 Å². The molecule has 0 aliphatic carbocycles. The number of rotatable bonds is 7. The predicted molar refractivity (Wildman–Crippen MR) is 77.7 cm³/mol.